The summed E-state index contributed by atoms with van der Waals surface area (Å²) in [5.74, 6) is 0. The predicted molar refractivity (Wildman–Crippen MR) is 81.7 cm³/mol. The van der Waals surface area contributed by atoms with Crippen molar-refractivity contribution in [1.82, 2.24) is 0 Å². The van der Waals surface area contributed by atoms with Crippen LogP contribution in [-0.2, 0) is 9.47 Å². The van der Waals surface area contributed by atoms with Crippen LogP contribution in [0.15, 0.2) is 0 Å². The molecule has 0 bridgehead atoms. The highest BCUT2D eigenvalue weighted by atomic mass is 16.5. The van der Waals surface area contributed by atoms with Crippen molar-refractivity contribution in [3.8, 4) is 0 Å². The molecule has 3 N–H and O–H groups in total. The van der Waals surface area contributed by atoms with Crippen LogP contribution in [0, 0.1) is 5.41 Å². The van der Waals surface area contributed by atoms with Gasteiger partial charge in [-0.15, -0.1) is 0 Å². The van der Waals surface area contributed by atoms with Crippen LogP contribution < -0.4 is 5.73 Å². The fourth-order valence-electron chi connectivity index (χ4n) is 2.58. The minimum Gasteiger partial charge on any atom is -0.388 e. The second-order valence-corrected chi connectivity index (χ2v) is 6.94. The van der Waals surface area contributed by atoms with Crippen molar-refractivity contribution in [2.75, 3.05) is 26.4 Å². The van der Waals surface area contributed by atoms with E-state index in [2.05, 4.69) is 20.8 Å². The Kier molecular flexibility index (Phi) is 7.45. The summed E-state index contributed by atoms with van der Waals surface area (Å²) in [5, 5.41) is 9.90. The van der Waals surface area contributed by atoms with E-state index in [0.29, 0.717) is 31.8 Å². The third kappa shape index (κ3) is 6.08. The van der Waals surface area contributed by atoms with Gasteiger partial charge in [0.15, 0.2) is 0 Å². The van der Waals surface area contributed by atoms with Gasteiger partial charge in [0.1, 0.15) is 6.10 Å². The maximum Gasteiger partial charge on any atom is 0.101 e. The fraction of sp³-hybridized carbons (Fsp3) is 1.00. The number of hydrogen-bond acceptors (Lipinski definition) is 4. The molecule has 1 aliphatic rings. The lowest BCUT2D eigenvalue weighted by Crippen LogP contribution is -2.47. The van der Waals surface area contributed by atoms with Crippen LogP contribution in [0.3, 0.4) is 0 Å². The van der Waals surface area contributed by atoms with E-state index >= 15 is 0 Å². The lowest BCUT2D eigenvalue weighted by molar-refractivity contribution is -0.117. The first kappa shape index (κ1) is 17.9. The molecule has 1 rings (SSSR count). The van der Waals surface area contributed by atoms with Gasteiger partial charge in [0.25, 0.3) is 0 Å². The van der Waals surface area contributed by atoms with Gasteiger partial charge in [0.2, 0.25) is 0 Å². The summed E-state index contributed by atoms with van der Waals surface area (Å²) in [6, 6.07) is 0. The smallest absolute Gasteiger partial charge is 0.101 e. The quantitative estimate of drug-likeness (QED) is 0.639. The zero-order chi connectivity index (χ0) is 15.1. The molecule has 20 heavy (non-hydrogen) atoms. The molecule has 1 aliphatic carbocycles. The molecule has 1 unspecified atom stereocenters. The standard InChI is InChI=1S/C16H33NO3/c1-4-5-10-19-11-14(18)12-20-16(13-17)8-6-15(2,3)7-9-16/h14,18H,4-13,17H2,1-3H3. The van der Waals surface area contributed by atoms with E-state index in [-0.39, 0.29) is 5.60 Å². The second kappa shape index (κ2) is 8.32. The monoisotopic (exact) mass is 287 g/mol. The van der Waals surface area contributed by atoms with E-state index in [1.807, 2.05) is 0 Å². The van der Waals surface area contributed by atoms with E-state index < -0.39 is 6.10 Å². The van der Waals surface area contributed by atoms with Gasteiger partial charge in [-0.05, 0) is 37.5 Å². The fourth-order valence-corrected chi connectivity index (χ4v) is 2.58. The van der Waals surface area contributed by atoms with Crippen molar-refractivity contribution in [2.24, 2.45) is 11.1 Å². The zero-order valence-electron chi connectivity index (χ0n) is 13.5. The summed E-state index contributed by atoms with van der Waals surface area (Å²) in [6.07, 6.45) is 5.83. The maximum atomic E-state index is 9.90. The Morgan fingerprint density at radius 3 is 2.35 bits per heavy atom. The largest absolute Gasteiger partial charge is 0.388 e. The summed E-state index contributed by atoms with van der Waals surface area (Å²) >= 11 is 0. The number of aliphatic hydroxyl groups is 1. The van der Waals surface area contributed by atoms with Gasteiger partial charge in [-0.2, -0.15) is 0 Å². The molecule has 0 spiro atoms. The number of hydrogen-bond donors (Lipinski definition) is 2. The predicted octanol–water partition coefficient (Wildman–Crippen LogP) is 2.48. The molecule has 1 fully saturated rings. The molecule has 1 atom stereocenters. The molecular formula is C16H33NO3. The van der Waals surface area contributed by atoms with Crippen molar-refractivity contribution < 1.29 is 14.6 Å². The maximum absolute atomic E-state index is 9.90. The Morgan fingerprint density at radius 2 is 1.80 bits per heavy atom. The minimum absolute atomic E-state index is 0.236. The third-order valence-corrected chi connectivity index (χ3v) is 4.42. The normalized spacial score (nSPS) is 22.6. The highest BCUT2D eigenvalue weighted by Gasteiger charge is 2.38. The molecule has 0 saturated heterocycles. The average molecular weight is 287 g/mol. The molecule has 0 heterocycles. The van der Waals surface area contributed by atoms with Gasteiger partial charge in [-0.3, -0.25) is 0 Å². The first-order chi connectivity index (χ1) is 9.43. The van der Waals surface area contributed by atoms with Crippen LogP contribution in [0.2, 0.25) is 0 Å². The van der Waals surface area contributed by atoms with Crippen LogP contribution in [0.4, 0.5) is 0 Å². The number of rotatable bonds is 9. The van der Waals surface area contributed by atoms with E-state index in [1.54, 1.807) is 0 Å². The van der Waals surface area contributed by atoms with Crippen LogP contribution in [-0.4, -0.2) is 43.2 Å². The molecule has 0 amide bonds. The molecule has 0 aromatic rings. The molecule has 0 radical (unpaired) electrons. The van der Waals surface area contributed by atoms with Crippen molar-refractivity contribution >= 4 is 0 Å². The molecule has 0 aliphatic heterocycles. The Bertz CT molecular complexity index is 258. The van der Waals surface area contributed by atoms with E-state index in [1.165, 1.54) is 0 Å². The molecular weight excluding hydrogens is 254 g/mol. The highest BCUT2D eigenvalue weighted by molar-refractivity contribution is 4.91. The summed E-state index contributed by atoms with van der Waals surface area (Å²) in [5.41, 5.74) is 6.07. The Hall–Kier alpha value is -0.160. The summed E-state index contributed by atoms with van der Waals surface area (Å²) in [6.45, 7) is 8.64. The Labute approximate surface area is 124 Å². The van der Waals surface area contributed by atoms with Gasteiger partial charge in [0, 0.05) is 13.2 Å². The number of unbranched alkanes of at least 4 members (excludes halogenated alkanes) is 1. The summed E-state index contributed by atoms with van der Waals surface area (Å²) in [4.78, 5) is 0. The van der Waals surface area contributed by atoms with E-state index in [9.17, 15) is 5.11 Å². The number of nitrogens with two attached hydrogens (primary N) is 1. The van der Waals surface area contributed by atoms with Gasteiger partial charge >= 0.3 is 0 Å². The molecule has 120 valence electrons. The second-order valence-electron chi connectivity index (χ2n) is 6.94. The summed E-state index contributed by atoms with van der Waals surface area (Å²) in [7, 11) is 0. The van der Waals surface area contributed by atoms with Crippen molar-refractivity contribution in [3.63, 3.8) is 0 Å². The first-order valence-electron chi connectivity index (χ1n) is 8.03. The van der Waals surface area contributed by atoms with Gasteiger partial charge in [-0.25, -0.2) is 0 Å². The van der Waals surface area contributed by atoms with Crippen LogP contribution >= 0.6 is 0 Å². The van der Waals surface area contributed by atoms with Crippen LogP contribution in [0.1, 0.15) is 59.3 Å². The minimum atomic E-state index is -0.551. The van der Waals surface area contributed by atoms with Crippen LogP contribution in [0.25, 0.3) is 0 Å². The molecule has 1 saturated carbocycles. The molecule has 4 heteroatoms. The van der Waals surface area contributed by atoms with Gasteiger partial charge < -0.3 is 20.3 Å². The molecule has 4 nitrogen and oxygen atoms in total. The van der Waals surface area contributed by atoms with Crippen molar-refractivity contribution in [1.29, 1.82) is 0 Å². The molecule has 0 aromatic carbocycles. The van der Waals surface area contributed by atoms with E-state index in [0.717, 1.165) is 38.5 Å². The number of aliphatic hydroxyl groups excluding tert-OH is 1. The summed E-state index contributed by atoms with van der Waals surface area (Å²) < 4.78 is 11.4. The highest BCUT2D eigenvalue weighted by Crippen LogP contribution is 2.41. The zero-order valence-corrected chi connectivity index (χ0v) is 13.5. The lowest BCUT2D eigenvalue weighted by Gasteiger charge is -2.43. The topological polar surface area (TPSA) is 64.7 Å². The average Bonchev–Trinajstić information content (AvgIpc) is 2.43. The first-order valence-corrected chi connectivity index (χ1v) is 8.03. The van der Waals surface area contributed by atoms with E-state index in [4.69, 9.17) is 15.2 Å². The van der Waals surface area contributed by atoms with Gasteiger partial charge in [-0.1, -0.05) is 27.2 Å². The Balaban J connectivity index is 2.27. The van der Waals surface area contributed by atoms with Crippen molar-refractivity contribution in [2.45, 2.75) is 71.0 Å². The lowest BCUT2D eigenvalue weighted by atomic mass is 9.71. The third-order valence-electron chi connectivity index (χ3n) is 4.42. The van der Waals surface area contributed by atoms with Crippen molar-refractivity contribution in [3.05, 3.63) is 0 Å². The van der Waals surface area contributed by atoms with Gasteiger partial charge in [0.05, 0.1) is 18.8 Å². The van der Waals surface area contributed by atoms with Crippen LogP contribution in [0.5, 0.6) is 0 Å². The molecule has 0 aromatic heterocycles. The SMILES string of the molecule is CCCCOCC(O)COC1(CN)CCC(C)(C)CC1. The number of ether oxygens (including phenoxy) is 2. The Morgan fingerprint density at radius 1 is 1.15 bits per heavy atom.